The first kappa shape index (κ1) is 10.8. The van der Waals surface area contributed by atoms with Gasteiger partial charge in [-0.3, -0.25) is 0 Å². The Balaban J connectivity index is 2.41. The molecule has 3 nitrogen and oxygen atoms in total. The van der Waals surface area contributed by atoms with Crippen LogP contribution in [0, 0.1) is 25.2 Å². The molecule has 1 aromatic rings. The lowest BCUT2D eigenvalue weighted by Gasteiger charge is -2.35. The molecule has 1 aliphatic rings. The second kappa shape index (κ2) is 4.05. The van der Waals surface area contributed by atoms with Crippen LogP contribution in [-0.2, 0) is 0 Å². The van der Waals surface area contributed by atoms with Crippen molar-refractivity contribution in [1.29, 1.82) is 5.26 Å². The van der Waals surface area contributed by atoms with Crippen LogP contribution in [0.4, 0.5) is 5.69 Å². The zero-order valence-corrected chi connectivity index (χ0v) is 9.95. The third-order valence-corrected chi connectivity index (χ3v) is 3.07. The molecule has 1 heterocycles. The molecule has 1 aliphatic heterocycles. The number of fused-ring (bicyclic) bond motifs is 1. The van der Waals surface area contributed by atoms with Crippen LogP contribution in [0.2, 0.25) is 0 Å². The number of hydrogen-bond donors (Lipinski definition) is 0. The maximum absolute atomic E-state index is 8.76. The van der Waals surface area contributed by atoms with E-state index in [1.807, 2.05) is 7.05 Å². The van der Waals surface area contributed by atoms with Gasteiger partial charge in [0.2, 0.25) is 0 Å². The molecule has 0 amide bonds. The Morgan fingerprint density at radius 3 is 2.94 bits per heavy atom. The fourth-order valence-electron chi connectivity index (χ4n) is 2.17. The second-order valence-corrected chi connectivity index (χ2v) is 4.37. The fraction of sp³-hybridized carbons (Fsp3) is 0.462. The molecule has 16 heavy (non-hydrogen) atoms. The lowest BCUT2D eigenvalue weighted by Crippen LogP contribution is -2.40. The van der Waals surface area contributed by atoms with Crippen molar-refractivity contribution in [3.05, 3.63) is 23.3 Å². The molecule has 3 heteroatoms. The van der Waals surface area contributed by atoms with Crippen LogP contribution in [0.1, 0.15) is 17.5 Å². The summed E-state index contributed by atoms with van der Waals surface area (Å²) in [5.74, 6) is 0.960. The largest absolute Gasteiger partial charge is 0.489 e. The van der Waals surface area contributed by atoms with E-state index in [1.165, 1.54) is 5.56 Å². The number of nitrogens with zero attached hydrogens (tertiary/aromatic N) is 2. The number of hydrogen-bond acceptors (Lipinski definition) is 3. The van der Waals surface area contributed by atoms with E-state index >= 15 is 0 Å². The molecule has 0 radical (unpaired) electrons. The predicted octanol–water partition coefficient (Wildman–Crippen LogP) is 2.41. The molecule has 0 N–H and O–H groups in total. The molecule has 0 bridgehead atoms. The minimum atomic E-state index is 0.165. The van der Waals surface area contributed by atoms with Crippen LogP contribution in [0.5, 0.6) is 5.75 Å². The summed E-state index contributed by atoms with van der Waals surface area (Å²) in [4.78, 5) is 2.15. The summed E-state index contributed by atoms with van der Waals surface area (Å²) < 4.78 is 5.75. The molecule has 0 fully saturated rings. The van der Waals surface area contributed by atoms with E-state index in [0.29, 0.717) is 13.0 Å². The van der Waals surface area contributed by atoms with Crippen LogP contribution < -0.4 is 9.64 Å². The topological polar surface area (TPSA) is 36.3 Å². The van der Waals surface area contributed by atoms with E-state index in [0.717, 1.165) is 17.0 Å². The Morgan fingerprint density at radius 2 is 2.25 bits per heavy atom. The van der Waals surface area contributed by atoms with Crippen LogP contribution in [0.15, 0.2) is 12.1 Å². The zero-order valence-electron chi connectivity index (χ0n) is 9.95. The monoisotopic (exact) mass is 216 g/mol. The van der Waals surface area contributed by atoms with Gasteiger partial charge in [-0.05, 0) is 31.0 Å². The van der Waals surface area contributed by atoms with Crippen molar-refractivity contribution in [2.24, 2.45) is 0 Å². The molecule has 0 saturated carbocycles. The first-order valence-electron chi connectivity index (χ1n) is 5.47. The third-order valence-electron chi connectivity index (χ3n) is 3.07. The van der Waals surface area contributed by atoms with Crippen molar-refractivity contribution in [2.75, 3.05) is 18.6 Å². The van der Waals surface area contributed by atoms with Crippen molar-refractivity contribution in [3.63, 3.8) is 0 Å². The van der Waals surface area contributed by atoms with Gasteiger partial charge in [0.15, 0.2) is 0 Å². The first-order valence-corrected chi connectivity index (χ1v) is 5.47. The van der Waals surface area contributed by atoms with E-state index in [4.69, 9.17) is 10.00 Å². The highest BCUT2D eigenvalue weighted by Gasteiger charge is 2.25. The molecule has 2 rings (SSSR count). The molecular formula is C13H16N2O. The summed E-state index contributed by atoms with van der Waals surface area (Å²) in [6, 6.07) is 6.61. The molecule has 1 aromatic carbocycles. The van der Waals surface area contributed by atoms with Gasteiger partial charge in [-0.15, -0.1) is 0 Å². The summed E-state index contributed by atoms with van der Waals surface area (Å²) in [6.07, 6.45) is 0.503. The van der Waals surface area contributed by atoms with Crippen LogP contribution >= 0.6 is 0 Å². The van der Waals surface area contributed by atoms with Crippen molar-refractivity contribution < 1.29 is 4.74 Å². The van der Waals surface area contributed by atoms with E-state index in [2.05, 4.69) is 36.9 Å². The van der Waals surface area contributed by atoms with Crippen LogP contribution in [0.3, 0.4) is 0 Å². The van der Waals surface area contributed by atoms with Crippen LogP contribution in [-0.4, -0.2) is 19.7 Å². The lowest BCUT2D eigenvalue weighted by atomic mass is 10.1. The van der Waals surface area contributed by atoms with Gasteiger partial charge in [-0.1, -0.05) is 6.07 Å². The molecular weight excluding hydrogens is 200 g/mol. The molecule has 0 saturated heterocycles. The van der Waals surface area contributed by atoms with E-state index < -0.39 is 0 Å². The summed E-state index contributed by atoms with van der Waals surface area (Å²) in [7, 11) is 2.03. The molecule has 0 spiro atoms. The summed E-state index contributed by atoms with van der Waals surface area (Å²) >= 11 is 0. The molecule has 84 valence electrons. The average Bonchev–Trinajstić information content (AvgIpc) is 2.23. The SMILES string of the molecule is Cc1cc(C)c2c(c1)N(C)C(CC#N)CO2. The summed E-state index contributed by atoms with van der Waals surface area (Å²) in [5.41, 5.74) is 3.49. The Hall–Kier alpha value is -1.69. The van der Waals surface area contributed by atoms with Crippen molar-refractivity contribution in [1.82, 2.24) is 0 Å². The third kappa shape index (κ3) is 1.71. The molecule has 0 aliphatic carbocycles. The van der Waals surface area contributed by atoms with Gasteiger partial charge >= 0.3 is 0 Å². The maximum atomic E-state index is 8.76. The first-order chi connectivity index (χ1) is 7.63. The predicted molar refractivity (Wildman–Crippen MR) is 63.8 cm³/mol. The normalized spacial score (nSPS) is 18.6. The Labute approximate surface area is 96.2 Å². The van der Waals surface area contributed by atoms with Gasteiger partial charge in [-0.2, -0.15) is 5.26 Å². The number of anilines is 1. The molecule has 1 unspecified atom stereocenters. The van der Waals surface area contributed by atoms with Crippen molar-refractivity contribution >= 4 is 5.69 Å². The number of ether oxygens (including phenoxy) is 1. The average molecular weight is 216 g/mol. The number of benzene rings is 1. The minimum absolute atomic E-state index is 0.165. The fourth-order valence-corrected chi connectivity index (χ4v) is 2.17. The molecule has 1 atom stereocenters. The quantitative estimate of drug-likeness (QED) is 0.723. The minimum Gasteiger partial charge on any atom is -0.489 e. The van der Waals surface area contributed by atoms with Gasteiger partial charge in [-0.25, -0.2) is 0 Å². The zero-order chi connectivity index (χ0) is 11.7. The molecule has 0 aromatic heterocycles. The highest BCUT2D eigenvalue weighted by molar-refractivity contribution is 5.64. The van der Waals surface area contributed by atoms with Gasteiger partial charge in [0.05, 0.1) is 24.2 Å². The number of rotatable bonds is 1. The number of likely N-dealkylation sites (N-methyl/N-ethyl adjacent to an activating group) is 1. The summed E-state index contributed by atoms with van der Waals surface area (Å²) in [6.45, 7) is 4.74. The summed E-state index contributed by atoms with van der Waals surface area (Å²) in [5, 5.41) is 8.76. The van der Waals surface area contributed by atoms with Crippen molar-refractivity contribution in [2.45, 2.75) is 26.3 Å². The highest BCUT2D eigenvalue weighted by Crippen LogP contribution is 2.37. The van der Waals surface area contributed by atoms with E-state index in [-0.39, 0.29) is 6.04 Å². The maximum Gasteiger partial charge on any atom is 0.145 e. The number of aryl methyl sites for hydroxylation is 2. The van der Waals surface area contributed by atoms with Crippen molar-refractivity contribution in [3.8, 4) is 11.8 Å². The van der Waals surface area contributed by atoms with Crippen LogP contribution in [0.25, 0.3) is 0 Å². The standard InChI is InChI=1S/C13H16N2O/c1-9-6-10(2)13-12(7-9)15(3)11(4-5-14)8-16-13/h6-7,11H,4,8H2,1-3H3. The van der Waals surface area contributed by atoms with Gasteiger partial charge in [0.25, 0.3) is 0 Å². The van der Waals surface area contributed by atoms with Gasteiger partial charge < -0.3 is 9.64 Å². The number of nitriles is 1. The Morgan fingerprint density at radius 1 is 1.50 bits per heavy atom. The van der Waals surface area contributed by atoms with E-state index in [1.54, 1.807) is 0 Å². The van der Waals surface area contributed by atoms with E-state index in [9.17, 15) is 0 Å². The Bertz CT molecular complexity index is 448. The smallest absolute Gasteiger partial charge is 0.145 e. The van der Waals surface area contributed by atoms with Gasteiger partial charge in [0, 0.05) is 7.05 Å². The second-order valence-electron chi connectivity index (χ2n) is 4.37. The Kier molecular flexibility index (Phi) is 2.74. The highest BCUT2D eigenvalue weighted by atomic mass is 16.5. The van der Waals surface area contributed by atoms with Gasteiger partial charge in [0.1, 0.15) is 12.4 Å². The lowest BCUT2D eigenvalue weighted by molar-refractivity contribution is 0.266.